The second-order valence-electron chi connectivity index (χ2n) is 2.70. The van der Waals surface area contributed by atoms with Crippen LogP contribution in [0.5, 0.6) is 5.75 Å². The molecule has 13 heavy (non-hydrogen) atoms. The SMILES string of the molecule is COc1cc(Br)cc2ccncc12. The van der Waals surface area contributed by atoms with Crippen molar-refractivity contribution in [2.75, 3.05) is 7.11 Å². The maximum atomic E-state index is 5.24. The van der Waals surface area contributed by atoms with Crippen molar-refractivity contribution in [2.45, 2.75) is 0 Å². The van der Waals surface area contributed by atoms with Gasteiger partial charge in [0.05, 0.1) is 7.11 Å². The van der Waals surface area contributed by atoms with Crippen LogP contribution < -0.4 is 4.74 Å². The summed E-state index contributed by atoms with van der Waals surface area (Å²) in [6.07, 6.45) is 3.58. The summed E-state index contributed by atoms with van der Waals surface area (Å²) >= 11 is 3.42. The molecule has 0 radical (unpaired) electrons. The standard InChI is InChI=1S/C10H8BrNO/c1-13-10-5-8(11)4-7-2-3-12-6-9(7)10/h2-6H,1H3. The minimum atomic E-state index is 0.845. The summed E-state index contributed by atoms with van der Waals surface area (Å²) in [7, 11) is 1.66. The van der Waals surface area contributed by atoms with Gasteiger partial charge in [0.15, 0.2) is 0 Å². The molecule has 0 N–H and O–H groups in total. The first-order valence-corrected chi connectivity index (χ1v) is 4.68. The minimum Gasteiger partial charge on any atom is -0.496 e. The molecule has 1 aromatic carbocycles. The molecular formula is C10H8BrNO. The molecule has 0 aliphatic rings. The molecule has 0 bridgehead atoms. The number of aromatic nitrogens is 1. The molecule has 66 valence electrons. The largest absolute Gasteiger partial charge is 0.496 e. The number of nitrogens with zero attached hydrogens (tertiary/aromatic N) is 1. The Morgan fingerprint density at radius 1 is 1.38 bits per heavy atom. The summed E-state index contributed by atoms with van der Waals surface area (Å²) in [5.74, 6) is 0.845. The molecule has 3 heteroatoms. The smallest absolute Gasteiger partial charge is 0.129 e. The highest BCUT2D eigenvalue weighted by Crippen LogP contribution is 2.28. The van der Waals surface area contributed by atoms with E-state index in [1.807, 2.05) is 18.2 Å². The van der Waals surface area contributed by atoms with Crippen LogP contribution in [0.2, 0.25) is 0 Å². The first-order chi connectivity index (χ1) is 6.31. The van der Waals surface area contributed by atoms with Gasteiger partial charge in [-0.3, -0.25) is 4.98 Å². The fourth-order valence-corrected chi connectivity index (χ4v) is 1.75. The predicted molar refractivity (Wildman–Crippen MR) is 56.0 cm³/mol. The molecule has 1 aromatic heterocycles. The van der Waals surface area contributed by atoms with E-state index in [0.29, 0.717) is 0 Å². The minimum absolute atomic E-state index is 0.845. The number of fused-ring (bicyclic) bond motifs is 1. The molecule has 0 saturated heterocycles. The average molecular weight is 238 g/mol. The van der Waals surface area contributed by atoms with Crippen LogP contribution in [0.25, 0.3) is 10.8 Å². The van der Waals surface area contributed by atoms with Gasteiger partial charge in [0, 0.05) is 22.3 Å². The Labute approximate surface area is 84.7 Å². The number of halogens is 1. The van der Waals surface area contributed by atoms with Crippen LogP contribution in [0.4, 0.5) is 0 Å². The number of hydrogen-bond acceptors (Lipinski definition) is 2. The van der Waals surface area contributed by atoms with Gasteiger partial charge in [0.25, 0.3) is 0 Å². The van der Waals surface area contributed by atoms with Crippen LogP contribution in [0.15, 0.2) is 35.1 Å². The second kappa shape index (κ2) is 3.34. The van der Waals surface area contributed by atoms with Crippen molar-refractivity contribution in [3.8, 4) is 5.75 Å². The third-order valence-corrected chi connectivity index (χ3v) is 2.36. The Balaban J connectivity index is 2.81. The second-order valence-corrected chi connectivity index (χ2v) is 3.62. The lowest BCUT2D eigenvalue weighted by molar-refractivity contribution is 0.419. The zero-order valence-corrected chi connectivity index (χ0v) is 8.71. The average Bonchev–Trinajstić information content (AvgIpc) is 2.16. The Bertz CT molecular complexity index is 442. The maximum Gasteiger partial charge on any atom is 0.129 e. The number of methoxy groups -OCH3 is 1. The summed E-state index contributed by atoms with van der Waals surface area (Å²) < 4.78 is 6.26. The number of ether oxygens (including phenoxy) is 1. The first-order valence-electron chi connectivity index (χ1n) is 3.88. The lowest BCUT2D eigenvalue weighted by Crippen LogP contribution is -1.85. The van der Waals surface area contributed by atoms with Crippen molar-refractivity contribution in [1.82, 2.24) is 4.98 Å². The molecule has 0 atom stereocenters. The fourth-order valence-electron chi connectivity index (χ4n) is 1.30. The van der Waals surface area contributed by atoms with Crippen LogP contribution >= 0.6 is 15.9 Å². The van der Waals surface area contributed by atoms with Crippen LogP contribution in [0.1, 0.15) is 0 Å². The molecule has 0 amide bonds. The highest BCUT2D eigenvalue weighted by Gasteiger charge is 2.01. The van der Waals surface area contributed by atoms with Gasteiger partial charge in [-0.1, -0.05) is 15.9 Å². The molecule has 2 nitrogen and oxygen atoms in total. The maximum absolute atomic E-state index is 5.24. The Morgan fingerprint density at radius 3 is 3.00 bits per heavy atom. The lowest BCUT2D eigenvalue weighted by Gasteiger charge is -2.04. The molecule has 0 fully saturated rings. The molecule has 2 rings (SSSR count). The Morgan fingerprint density at radius 2 is 2.23 bits per heavy atom. The van der Waals surface area contributed by atoms with E-state index in [4.69, 9.17) is 4.74 Å². The van der Waals surface area contributed by atoms with Gasteiger partial charge in [-0.25, -0.2) is 0 Å². The third kappa shape index (κ3) is 1.52. The summed E-state index contributed by atoms with van der Waals surface area (Å²) in [4.78, 5) is 4.06. The fraction of sp³-hybridized carbons (Fsp3) is 0.100. The molecule has 2 aromatic rings. The molecule has 0 aliphatic heterocycles. The monoisotopic (exact) mass is 237 g/mol. The van der Waals surface area contributed by atoms with Gasteiger partial charge < -0.3 is 4.74 Å². The Kier molecular flexibility index (Phi) is 2.19. The third-order valence-electron chi connectivity index (χ3n) is 1.90. The van der Waals surface area contributed by atoms with Gasteiger partial charge in [-0.05, 0) is 23.6 Å². The molecule has 0 saturated carbocycles. The Hall–Kier alpha value is -1.09. The number of pyridine rings is 1. The van der Waals surface area contributed by atoms with Gasteiger partial charge in [-0.15, -0.1) is 0 Å². The van der Waals surface area contributed by atoms with Crippen molar-refractivity contribution >= 4 is 26.7 Å². The van der Waals surface area contributed by atoms with Gasteiger partial charge in [0.2, 0.25) is 0 Å². The van der Waals surface area contributed by atoms with E-state index >= 15 is 0 Å². The quantitative estimate of drug-likeness (QED) is 0.761. The highest BCUT2D eigenvalue weighted by molar-refractivity contribution is 9.10. The van der Waals surface area contributed by atoms with Crippen LogP contribution in [-0.2, 0) is 0 Å². The highest BCUT2D eigenvalue weighted by atomic mass is 79.9. The number of hydrogen-bond donors (Lipinski definition) is 0. The van der Waals surface area contributed by atoms with Crippen molar-refractivity contribution in [1.29, 1.82) is 0 Å². The molecule has 0 unspecified atom stereocenters. The topological polar surface area (TPSA) is 22.1 Å². The van der Waals surface area contributed by atoms with Gasteiger partial charge in [0.1, 0.15) is 5.75 Å². The molecule has 1 heterocycles. The van der Waals surface area contributed by atoms with Crippen molar-refractivity contribution in [3.63, 3.8) is 0 Å². The predicted octanol–water partition coefficient (Wildman–Crippen LogP) is 3.01. The lowest BCUT2D eigenvalue weighted by atomic mass is 10.2. The van der Waals surface area contributed by atoms with Crippen LogP contribution in [0.3, 0.4) is 0 Å². The van der Waals surface area contributed by atoms with Gasteiger partial charge >= 0.3 is 0 Å². The van der Waals surface area contributed by atoms with Crippen molar-refractivity contribution < 1.29 is 4.74 Å². The van der Waals surface area contributed by atoms with E-state index in [2.05, 4.69) is 20.9 Å². The van der Waals surface area contributed by atoms with E-state index in [9.17, 15) is 0 Å². The van der Waals surface area contributed by atoms with E-state index < -0.39 is 0 Å². The van der Waals surface area contributed by atoms with Crippen LogP contribution in [0, 0.1) is 0 Å². The van der Waals surface area contributed by atoms with E-state index in [0.717, 1.165) is 21.0 Å². The summed E-state index contributed by atoms with van der Waals surface area (Å²) in [6, 6.07) is 5.94. The molecular weight excluding hydrogens is 230 g/mol. The molecule has 0 aliphatic carbocycles. The van der Waals surface area contributed by atoms with E-state index in [1.54, 1.807) is 19.5 Å². The molecule has 0 spiro atoms. The van der Waals surface area contributed by atoms with E-state index in [1.165, 1.54) is 0 Å². The number of benzene rings is 1. The van der Waals surface area contributed by atoms with Crippen molar-refractivity contribution in [2.24, 2.45) is 0 Å². The van der Waals surface area contributed by atoms with Crippen molar-refractivity contribution in [3.05, 3.63) is 35.1 Å². The zero-order chi connectivity index (χ0) is 9.26. The summed E-state index contributed by atoms with van der Waals surface area (Å²) in [5.41, 5.74) is 0. The van der Waals surface area contributed by atoms with Crippen LogP contribution in [-0.4, -0.2) is 12.1 Å². The number of rotatable bonds is 1. The normalized spacial score (nSPS) is 10.3. The zero-order valence-electron chi connectivity index (χ0n) is 7.12. The summed E-state index contributed by atoms with van der Waals surface area (Å²) in [5, 5.41) is 2.16. The summed E-state index contributed by atoms with van der Waals surface area (Å²) in [6.45, 7) is 0. The van der Waals surface area contributed by atoms with E-state index in [-0.39, 0.29) is 0 Å². The first kappa shape index (κ1) is 8.51. The van der Waals surface area contributed by atoms with Gasteiger partial charge in [-0.2, -0.15) is 0 Å².